The summed E-state index contributed by atoms with van der Waals surface area (Å²) in [5, 5.41) is 3.29. The minimum Gasteiger partial charge on any atom is -0.497 e. The number of hydrogen-bond acceptors (Lipinski definition) is 4. The number of ether oxygens (including phenoxy) is 1. The summed E-state index contributed by atoms with van der Waals surface area (Å²) in [6.45, 7) is 2.90. The van der Waals surface area contributed by atoms with Gasteiger partial charge in [0.25, 0.3) is 0 Å². The van der Waals surface area contributed by atoms with Crippen LogP contribution in [0.2, 0.25) is 0 Å². The van der Waals surface area contributed by atoms with E-state index >= 15 is 0 Å². The molecule has 0 aliphatic carbocycles. The van der Waals surface area contributed by atoms with Crippen LogP contribution in [0.3, 0.4) is 0 Å². The zero-order valence-electron chi connectivity index (χ0n) is 11.8. The Hall–Kier alpha value is -1.07. The van der Waals surface area contributed by atoms with E-state index in [4.69, 9.17) is 4.74 Å². The van der Waals surface area contributed by atoms with Gasteiger partial charge in [-0.05, 0) is 37.1 Å². The molecule has 0 aliphatic rings. The third kappa shape index (κ3) is 6.59. The summed E-state index contributed by atoms with van der Waals surface area (Å²) in [7, 11) is -1.34. The lowest BCUT2D eigenvalue weighted by Gasteiger charge is -2.17. The summed E-state index contributed by atoms with van der Waals surface area (Å²) in [6.07, 6.45) is 2.97. The van der Waals surface area contributed by atoms with E-state index in [9.17, 15) is 8.42 Å². The molecule has 4 nitrogen and oxygen atoms in total. The molecule has 0 aromatic heterocycles. The van der Waals surface area contributed by atoms with Gasteiger partial charge < -0.3 is 10.1 Å². The maximum absolute atomic E-state index is 11.4. The Bertz CT molecular complexity index is 468. The molecule has 0 amide bonds. The maximum Gasteiger partial charge on any atom is 0.148 e. The molecule has 108 valence electrons. The molecule has 0 aliphatic heterocycles. The summed E-state index contributed by atoms with van der Waals surface area (Å²) < 4.78 is 28.0. The average Bonchev–Trinajstić information content (AvgIpc) is 2.35. The first kappa shape index (κ1) is 16.0. The number of rotatable bonds is 8. The van der Waals surface area contributed by atoms with Crippen LogP contribution in [0, 0.1) is 0 Å². The van der Waals surface area contributed by atoms with Gasteiger partial charge in [0, 0.05) is 12.3 Å². The molecule has 1 aromatic carbocycles. The molecular formula is C14H23NO3S. The van der Waals surface area contributed by atoms with Crippen LogP contribution in [0.25, 0.3) is 0 Å². The van der Waals surface area contributed by atoms with E-state index in [1.165, 1.54) is 6.26 Å². The zero-order chi connectivity index (χ0) is 14.3. The quantitative estimate of drug-likeness (QED) is 0.789. The lowest BCUT2D eigenvalue weighted by atomic mass is 10.1. The molecular weight excluding hydrogens is 262 g/mol. The predicted octanol–water partition coefficient (Wildman–Crippen LogP) is 1.65. The number of methoxy groups -OCH3 is 1. The van der Waals surface area contributed by atoms with Crippen molar-refractivity contribution >= 4 is 9.84 Å². The molecule has 1 aromatic rings. The van der Waals surface area contributed by atoms with Crippen molar-refractivity contribution in [1.82, 2.24) is 5.32 Å². The van der Waals surface area contributed by atoms with Gasteiger partial charge in [-0.3, -0.25) is 0 Å². The Kier molecular flexibility index (Phi) is 6.31. The first-order valence-electron chi connectivity index (χ1n) is 6.48. The van der Waals surface area contributed by atoms with E-state index in [-0.39, 0.29) is 11.8 Å². The summed E-state index contributed by atoms with van der Waals surface area (Å²) in [5.74, 6) is 0.976. The second-order valence-corrected chi connectivity index (χ2v) is 6.98. The zero-order valence-corrected chi connectivity index (χ0v) is 12.7. The van der Waals surface area contributed by atoms with Crippen LogP contribution in [0.15, 0.2) is 24.3 Å². The molecule has 0 fully saturated rings. The second-order valence-electron chi connectivity index (χ2n) is 4.80. The highest BCUT2D eigenvalue weighted by Crippen LogP contribution is 2.13. The van der Waals surface area contributed by atoms with Crippen molar-refractivity contribution in [2.75, 3.05) is 25.7 Å². The van der Waals surface area contributed by atoms with Crippen LogP contribution in [0.4, 0.5) is 0 Å². The van der Waals surface area contributed by atoms with Gasteiger partial charge in [0.05, 0.1) is 12.9 Å². The maximum atomic E-state index is 11.4. The van der Waals surface area contributed by atoms with Gasteiger partial charge in [0.2, 0.25) is 0 Å². The first-order chi connectivity index (χ1) is 8.94. The van der Waals surface area contributed by atoms with E-state index in [0.29, 0.717) is 6.42 Å². The van der Waals surface area contributed by atoms with Crippen molar-refractivity contribution in [2.24, 2.45) is 0 Å². The van der Waals surface area contributed by atoms with E-state index in [0.717, 1.165) is 24.3 Å². The van der Waals surface area contributed by atoms with Crippen molar-refractivity contribution in [3.63, 3.8) is 0 Å². The Morgan fingerprint density at radius 1 is 1.26 bits per heavy atom. The summed E-state index contributed by atoms with van der Waals surface area (Å²) in [5.41, 5.74) is 1.11. The van der Waals surface area contributed by atoms with Gasteiger partial charge in [0.1, 0.15) is 15.6 Å². The van der Waals surface area contributed by atoms with Crippen molar-refractivity contribution < 1.29 is 13.2 Å². The van der Waals surface area contributed by atoms with E-state index in [2.05, 4.69) is 12.2 Å². The molecule has 1 rings (SSSR count). The molecule has 0 saturated carbocycles. The summed E-state index contributed by atoms with van der Waals surface area (Å²) >= 11 is 0. The van der Waals surface area contributed by atoms with Gasteiger partial charge >= 0.3 is 0 Å². The van der Waals surface area contributed by atoms with Crippen LogP contribution < -0.4 is 10.1 Å². The van der Waals surface area contributed by atoms with Gasteiger partial charge in [-0.2, -0.15) is 0 Å². The SMILES string of the molecule is CCCNC(Cc1ccc(OC)cc1)CS(C)(=O)=O. The fraction of sp³-hybridized carbons (Fsp3) is 0.571. The van der Waals surface area contributed by atoms with E-state index in [1.54, 1.807) is 7.11 Å². The Balaban J connectivity index is 2.69. The molecule has 0 saturated heterocycles. The molecule has 1 N–H and O–H groups in total. The summed E-state index contributed by atoms with van der Waals surface area (Å²) in [6, 6.07) is 7.70. The number of sulfone groups is 1. The molecule has 0 heterocycles. The van der Waals surface area contributed by atoms with Crippen LogP contribution in [0.1, 0.15) is 18.9 Å². The van der Waals surface area contributed by atoms with Crippen LogP contribution in [-0.2, 0) is 16.3 Å². The highest BCUT2D eigenvalue weighted by Gasteiger charge is 2.15. The van der Waals surface area contributed by atoms with Crippen LogP contribution in [0.5, 0.6) is 5.75 Å². The Labute approximate surface area is 116 Å². The molecule has 19 heavy (non-hydrogen) atoms. The second kappa shape index (κ2) is 7.50. The van der Waals surface area contributed by atoms with E-state index < -0.39 is 9.84 Å². The topological polar surface area (TPSA) is 55.4 Å². The number of benzene rings is 1. The molecule has 0 spiro atoms. The van der Waals surface area contributed by atoms with Crippen molar-refractivity contribution in [2.45, 2.75) is 25.8 Å². The average molecular weight is 285 g/mol. The fourth-order valence-electron chi connectivity index (χ4n) is 1.95. The van der Waals surface area contributed by atoms with Gasteiger partial charge in [-0.25, -0.2) is 8.42 Å². The van der Waals surface area contributed by atoms with Crippen molar-refractivity contribution in [1.29, 1.82) is 0 Å². The normalized spacial score (nSPS) is 13.2. The Morgan fingerprint density at radius 3 is 2.37 bits per heavy atom. The molecule has 5 heteroatoms. The van der Waals surface area contributed by atoms with Crippen molar-refractivity contribution in [3.05, 3.63) is 29.8 Å². The highest BCUT2D eigenvalue weighted by atomic mass is 32.2. The van der Waals surface area contributed by atoms with Crippen LogP contribution in [-0.4, -0.2) is 40.1 Å². The minimum atomic E-state index is -2.97. The summed E-state index contributed by atoms with van der Waals surface area (Å²) in [4.78, 5) is 0. The molecule has 0 bridgehead atoms. The van der Waals surface area contributed by atoms with Crippen molar-refractivity contribution in [3.8, 4) is 5.75 Å². The van der Waals surface area contributed by atoms with Gasteiger partial charge in [0.15, 0.2) is 0 Å². The lowest BCUT2D eigenvalue weighted by molar-refractivity contribution is 0.414. The Morgan fingerprint density at radius 2 is 1.89 bits per heavy atom. The van der Waals surface area contributed by atoms with Gasteiger partial charge in [-0.1, -0.05) is 19.1 Å². The molecule has 1 atom stereocenters. The van der Waals surface area contributed by atoms with Crippen LogP contribution >= 0.6 is 0 Å². The fourth-order valence-corrected chi connectivity index (χ4v) is 2.92. The van der Waals surface area contributed by atoms with Gasteiger partial charge in [-0.15, -0.1) is 0 Å². The smallest absolute Gasteiger partial charge is 0.148 e. The first-order valence-corrected chi connectivity index (χ1v) is 8.54. The number of hydrogen-bond donors (Lipinski definition) is 1. The third-order valence-corrected chi connectivity index (χ3v) is 3.84. The number of nitrogens with one attached hydrogen (secondary N) is 1. The largest absolute Gasteiger partial charge is 0.497 e. The predicted molar refractivity (Wildman–Crippen MR) is 78.5 cm³/mol. The monoisotopic (exact) mass is 285 g/mol. The third-order valence-electron chi connectivity index (χ3n) is 2.83. The standard InChI is InChI=1S/C14H23NO3S/c1-4-9-15-13(11-19(3,16)17)10-12-5-7-14(18-2)8-6-12/h5-8,13,15H,4,9-11H2,1-3H3. The lowest BCUT2D eigenvalue weighted by Crippen LogP contribution is -2.37. The molecule has 0 radical (unpaired) electrons. The van der Waals surface area contributed by atoms with E-state index in [1.807, 2.05) is 24.3 Å². The molecule has 1 unspecified atom stereocenters. The minimum absolute atomic E-state index is 0.0386. The highest BCUT2D eigenvalue weighted by molar-refractivity contribution is 7.90.